The van der Waals surface area contributed by atoms with Crippen molar-refractivity contribution in [3.05, 3.63) is 0 Å². The van der Waals surface area contributed by atoms with E-state index >= 15 is 0 Å². The zero-order valence-corrected chi connectivity index (χ0v) is 18.7. The van der Waals surface area contributed by atoms with Crippen LogP contribution in [0.1, 0.15) is 51.9 Å². The predicted octanol–water partition coefficient (Wildman–Crippen LogP) is 0.720. The molecule has 1 saturated carbocycles. The van der Waals surface area contributed by atoms with E-state index in [1.54, 1.807) is 7.05 Å². The number of aliphatic imine (C=N–C) groups is 1. The lowest BCUT2D eigenvalue weighted by Gasteiger charge is -2.30. The summed E-state index contributed by atoms with van der Waals surface area (Å²) < 4.78 is 44.6. The smallest absolute Gasteiger partial charge is 0.213 e. The quantitative estimate of drug-likeness (QED) is 0.363. The normalized spacial score (nSPS) is 27.9. The van der Waals surface area contributed by atoms with Crippen LogP contribution in [0.15, 0.2) is 4.99 Å². The molecule has 0 amide bonds. The molecular formula is C18H36N4O4S2. The number of sulfonamides is 1. The van der Waals surface area contributed by atoms with E-state index in [0.29, 0.717) is 24.9 Å². The van der Waals surface area contributed by atoms with E-state index in [1.807, 2.05) is 6.92 Å². The molecule has 1 saturated heterocycles. The molecule has 0 aromatic carbocycles. The van der Waals surface area contributed by atoms with Crippen molar-refractivity contribution in [1.82, 2.24) is 15.4 Å². The summed E-state index contributed by atoms with van der Waals surface area (Å²) >= 11 is 0. The van der Waals surface area contributed by atoms with Gasteiger partial charge in [-0.3, -0.25) is 9.20 Å². The number of hydrogen-bond acceptors (Lipinski definition) is 5. The van der Waals surface area contributed by atoms with Crippen LogP contribution in [-0.2, 0) is 25.6 Å². The van der Waals surface area contributed by atoms with Crippen LogP contribution in [0.5, 0.6) is 0 Å². The third-order valence-electron chi connectivity index (χ3n) is 5.31. The van der Waals surface area contributed by atoms with Crippen LogP contribution >= 0.6 is 0 Å². The van der Waals surface area contributed by atoms with Crippen LogP contribution in [0.2, 0.25) is 0 Å². The van der Waals surface area contributed by atoms with Gasteiger partial charge in [0.05, 0.1) is 11.9 Å². The van der Waals surface area contributed by atoms with E-state index in [-0.39, 0.29) is 29.7 Å². The zero-order chi connectivity index (χ0) is 20.4. The molecule has 8 nitrogen and oxygen atoms in total. The SMILES string of the molecule is CCS(=O)C1CCCC(NC(=NC)NCCS(=O)(=O)NCC2CCCCO2)C1. The van der Waals surface area contributed by atoms with E-state index in [0.717, 1.165) is 44.9 Å². The molecule has 28 heavy (non-hydrogen) atoms. The maximum Gasteiger partial charge on any atom is 0.213 e. The summed E-state index contributed by atoms with van der Waals surface area (Å²) in [6.45, 7) is 3.29. The highest BCUT2D eigenvalue weighted by molar-refractivity contribution is 7.89. The van der Waals surface area contributed by atoms with Gasteiger partial charge in [0, 0.05) is 54.6 Å². The second kappa shape index (κ2) is 12.1. The minimum absolute atomic E-state index is 0.0150. The summed E-state index contributed by atoms with van der Waals surface area (Å²) in [4.78, 5) is 4.19. The van der Waals surface area contributed by atoms with Gasteiger partial charge in [-0.05, 0) is 38.5 Å². The average molecular weight is 437 g/mol. The van der Waals surface area contributed by atoms with Gasteiger partial charge in [-0.2, -0.15) is 0 Å². The molecule has 1 aliphatic heterocycles. The third kappa shape index (κ3) is 8.34. The van der Waals surface area contributed by atoms with Crippen LogP contribution in [0, 0.1) is 0 Å². The summed E-state index contributed by atoms with van der Waals surface area (Å²) in [5, 5.41) is 6.67. The first-order valence-electron chi connectivity index (χ1n) is 10.4. The minimum atomic E-state index is -3.36. The summed E-state index contributed by atoms with van der Waals surface area (Å²) in [6.07, 6.45) is 6.97. The highest BCUT2D eigenvalue weighted by Gasteiger charge is 2.26. The number of nitrogens with one attached hydrogen (secondary N) is 3. The second-order valence-corrected chi connectivity index (χ2v) is 11.4. The molecule has 4 atom stereocenters. The summed E-state index contributed by atoms with van der Waals surface area (Å²) in [5.74, 6) is 1.27. The first-order chi connectivity index (χ1) is 13.4. The zero-order valence-electron chi connectivity index (χ0n) is 17.1. The van der Waals surface area contributed by atoms with Gasteiger partial charge in [-0.1, -0.05) is 13.3 Å². The van der Waals surface area contributed by atoms with Crippen molar-refractivity contribution in [2.45, 2.75) is 69.3 Å². The predicted molar refractivity (Wildman–Crippen MR) is 115 cm³/mol. The Balaban J connectivity index is 1.70. The molecule has 0 aromatic heterocycles. The van der Waals surface area contributed by atoms with Gasteiger partial charge in [0.1, 0.15) is 0 Å². The van der Waals surface area contributed by atoms with Crippen molar-refractivity contribution in [2.24, 2.45) is 4.99 Å². The van der Waals surface area contributed by atoms with Crippen LogP contribution < -0.4 is 15.4 Å². The van der Waals surface area contributed by atoms with Crippen LogP contribution in [0.3, 0.4) is 0 Å². The van der Waals surface area contributed by atoms with Crippen LogP contribution in [0.4, 0.5) is 0 Å². The maximum atomic E-state index is 12.2. The lowest BCUT2D eigenvalue weighted by Crippen LogP contribution is -2.48. The average Bonchev–Trinajstić information content (AvgIpc) is 2.72. The van der Waals surface area contributed by atoms with Crippen molar-refractivity contribution in [3.8, 4) is 0 Å². The molecule has 2 rings (SSSR count). The molecule has 0 spiro atoms. The topological polar surface area (TPSA) is 109 Å². The number of rotatable bonds is 9. The van der Waals surface area contributed by atoms with Crippen LogP contribution in [-0.4, -0.2) is 74.2 Å². The number of nitrogens with zero attached hydrogens (tertiary/aromatic N) is 1. The first kappa shape index (κ1) is 23.6. The molecule has 2 aliphatic rings. The Kier molecular flexibility index (Phi) is 10.2. The molecule has 10 heteroatoms. The molecule has 1 heterocycles. The Bertz CT molecular complexity index is 621. The molecule has 3 N–H and O–H groups in total. The van der Waals surface area contributed by atoms with Gasteiger partial charge in [0.25, 0.3) is 0 Å². The molecule has 0 radical (unpaired) electrons. The Morgan fingerprint density at radius 1 is 1.21 bits per heavy atom. The Hall–Kier alpha value is -0.710. The van der Waals surface area contributed by atoms with Crippen molar-refractivity contribution < 1.29 is 17.4 Å². The third-order valence-corrected chi connectivity index (χ3v) is 8.40. The van der Waals surface area contributed by atoms with Gasteiger partial charge in [-0.15, -0.1) is 0 Å². The Morgan fingerprint density at radius 2 is 2.04 bits per heavy atom. The molecule has 164 valence electrons. The minimum Gasteiger partial charge on any atom is -0.377 e. The Labute approximate surface area is 172 Å². The second-order valence-electron chi connectivity index (χ2n) is 7.45. The van der Waals surface area contributed by atoms with Crippen molar-refractivity contribution in [2.75, 3.05) is 38.2 Å². The van der Waals surface area contributed by atoms with Gasteiger partial charge in [0.2, 0.25) is 10.0 Å². The highest BCUT2D eigenvalue weighted by atomic mass is 32.2. The van der Waals surface area contributed by atoms with Crippen molar-refractivity contribution in [3.63, 3.8) is 0 Å². The molecule has 2 fully saturated rings. The van der Waals surface area contributed by atoms with Crippen molar-refractivity contribution in [1.29, 1.82) is 0 Å². The largest absolute Gasteiger partial charge is 0.377 e. The number of hydrogen-bond donors (Lipinski definition) is 3. The van der Waals surface area contributed by atoms with Gasteiger partial charge < -0.3 is 15.4 Å². The molecule has 0 bridgehead atoms. The number of ether oxygens (including phenoxy) is 1. The summed E-state index contributed by atoms with van der Waals surface area (Å²) in [7, 11) is -2.45. The summed E-state index contributed by atoms with van der Waals surface area (Å²) in [5.41, 5.74) is 0. The molecular weight excluding hydrogens is 400 g/mol. The van der Waals surface area contributed by atoms with E-state index in [9.17, 15) is 12.6 Å². The molecule has 0 aromatic rings. The fourth-order valence-corrected chi connectivity index (χ4v) is 6.01. The standard InChI is InChI=1S/C18H36N4O4S2/c1-3-27(23)17-9-6-7-15(13-17)22-18(19-2)20-10-12-28(24,25)21-14-16-8-4-5-11-26-16/h15-17,21H,3-14H2,1-2H3,(H2,19,20,22). The monoisotopic (exact) mass is 436 g/mol. The first-order valence-corrected chi connectivity index (χ1v) is 13.4. The molecule has 1 aliphatic carbocycles. The van der Waals surface area contributed by atoms with Crippen molar-refractivity contribution >= 4 is 26.8 Å². The van der Waals surface area contributed by atoms with Crippen LogP contribution in [0.25, 0.3) is 0 Å². The van der Waals surface area contributed by atoms with E-state index in [2.05, 4.69) is 20.3 Å². The molecule has 4 unspecified atom stereocenters. The number of guanidine groups is 1. The van der Waals surface area contributed by atoms with Gasteiger partial charge in [0.15, 0.2) is 5.96 Å². The lowest BCUT2D eigenvalue weighted by atomic mass is 9.95. The lowest BCUT2D eigenvalue weighted by molar-refractivity contribution is 0.0200. The van der Waals surface area contributed by atoms with Gasteiger partial charge in [-0.25, -0.2) is 13.1 Å². The summed E-state index contributed by atoms with van der Waals surface area (Å²) in [6, 6.07) is 0.221. The maximum absolute atomic E-state index is 12.2. The van der Waals surface area contributed by atoms with E-state index in [1.165, 1.54) is 0 Å². The van der Waals surface area contributed by atoms with E-state index < -0.39 is 20.8 Å². The fraction of sp³-hybridized carbons (Fsp3) is 0.944. The Morgan fingerprint density at radius 3 is 2.71 bits per heavy atom. The van der Waals surface area contributed by atoms with Gasteiger partial charge >= 0.3 is 0 Å². The van der Waals surface area contributed by atoms with E-state index in [4.69, 9.17) is 4.74 Å². The highest BCUT2D eigenvalue weighted by Crippen LogP contribution is 2.22. The fourth-order valence-electron chi connectivity index (χ4n) is 3.70.